The van der Waals surface area contributed by atoms with Gasteiger partial charge in [0.25, 0.3) is 0 Å². The maximum atomic E-state index is 6.17. The highest BCUT2D eigenvalue weighted by atomic mass is 35.5. The molecule has 88 valence electrons. The van der Waals surface area contributed by atoms with Crippen molar-refractivity contribution in [3.63, 3.8) is 0 Å². The zero-order chi connectivity index (χ0) is 12.4. The van der Waals surface area contributed by atoms with E-state index < -0.39 is 0 Å². The Morgan fingerprint density at radius 3 is 2.41 bits per heavy atom. The third-order valence-electron chi connectivity index (χ3n) is 2.53. The molecule has 0 saturated heterocycles. The molecule has 0 atom stereocenters. The Kier molecular flexibility index (Phi) is 3.95. The van der Waals surface area contributed by atoms with Crippen molar-refractivity contribution in [2.45, 2.75) is 6.54 Å². The maximum absolute atomic E-state index is 6.17. The molecule has 0 aliphatic carbocycles. The van der Waals surface area contributed by atoms with E-state index in [0.29, 0.717) is 21.6 Å². The molecule has 0 aliphatic heterocycles. The van der Waals surface area contributed by atoms with Crippen LogP contribution in [-0.4, -0.2) is 0 Å². The fraction of sp³-hybridized carbons (Fsp3) is 0.0769. The highest BCUT2D eigenvalue weighted by Gasteiger charge is 2.08. The molecule has 0 fully saturated rings. The summed E-state index contributed by atoms with van der Waals surface area (Å²) in [5, 5.41) is 1.74. The van der Waals surface area contributed by atoms with Crippen molar-refractivity contribution in [3.8, 4) is 11.1 Å². The number of benzene rings is 2. The molecule has 17 heavy (non-hydrogen) atoms. The third kappa shape index (κ3) is 2.58. The number of hydrogen-bond donors (Lipinski definition) is 1. The first-order chi connectivity index (χ1) is 8.13. The van der Waals surface area contributed by atoms with Gasteiger partial charge >= 0.3 is 0 Å². The maximum Gasteiger partial charge on any atom is 0.0670 e. The largest absolute Gasteiger partial charge is 0.326 e. The van der Waals surface area contributed by atoms with Crippen molar-refractivity contribution in [3.05, 3.63) is 57.0 Å². The van der Waals surface area contributed by atoms with Gasteiger partial charge in [0, 0.05) is 17.1 Å². The van der Waals surface area contributed by atoms with Gasteiger partial charge in [0.1, 0.15) is 0 Å². The zero-order valence-electron chi connectivity index (χ0n) is 8.88. The quantitative estimate of drug-likeness (QED) is 0.845. The fourth-order valence-electron chi connectivity index (χ4n) is 1.63. The van der Waals surface area contributed by atoms with Crippen molar-refractivity contribution in [1.82, 2.24) is 0 Å². The van der Waals surface area contributed by atoms with Gasteiger partial charge in [-0.05, 0) is 29.3 Å². The normalized spacial score (nSPS) is 10.6. The van der Waals surface area contributed by atoms with Crippen molar-refractivity contribution >= 4 is 34.8 Å². The van der Waals surface area contributed by atoms with Gasteiger partial charge in [-0.25, -0.2) is 0 Å². The Morgan fingerprint density at radius 2 is 1.71 bits per heavy atom. The molecule has 0 saturated carbocycles. The summed E-state index contributed by atoms with van der Waals surface area (Å²) in [5.41, 5.74) is 8.35. The molecule has 2 aromatic carbocycles. The number of rotatable bonds is 2. The summed E-state index contributed by atoms with van der Waals surface area (Å²) < 4.78 is 0. The summed E-state index contributed by atoms with van der Waals surface area (Å²) in [6.45, 7) is 0.394. The topological polar surface area (TPSA) is 26.0 Å². The lowest BCUT2D eigenvalue weighted by atomic mass is 10.0. The van der Waals surface area contributed by atoms with Crippen LogP contribution in [0.5, 0.6) is 0 Å². The average molecular weight is 287 g/mol. The highest BCUT2D eigenvalue weighted by Crippen LogP contribution is 2.34. The van der Waals surface area contributed by atoms with Crippen LogP contribution in [0.3, 0.4) is 0 Å². The molecule has 0 spiro atoms. The number of hydrogen-bond acceptors (Lipinski definition) is 1. The van der Waals surface area contributed by atoms with Gasteiger partial charge in [0.2, 0.25) is 0 Å². The van der Waals surface area contributed by atoms with E-state index in [1.54, 1.807) is 6.07 Å². The van der Waals surface area contributed by atoms with E-state index in [0.717, 1.165) is 16.7 Å². The lowest BCUT2D eigenvalue weighted by Crippen LogP contribution is -1.97. The Balaban J connectivity index is 2.57. The summed E-state index contributed by atoms with van der Waals surface area (Å²) in [7, 11) is 0. The Bertz CT molecular complexity index is 552. The second-order valence-corrected chi connectivity index (χ2v) is 4.80. The Hall–Kier alpha value is -0.730. The van der Waals surface area contributed by atoms with E-state index in [2.05, 4.69) is 0 Å². The van der Waals surface area contributed by atoms with Crippen LogP contribution in [-0.2, 0) is 6.54 Å². The zero-order valence-corrected chi connectivity index (χ0v) is 11.2. The van der Waals surface area contributed by atoms with Crippen molar-refractivity contribution in [2.75, 3.05) is 0 Å². The number of halogens is 3. The molecule has 0 aromatic heterocycles. The predicted octanol–water partition coefficient (Wildman–Crippen LogP) is 4.77. The van der Waals surface area contributed by atoms with Crippen LogP contribution in [0.1, 0.15) is 5.56 Å². The van der Waals surface area contributed by atoms with E-state index in [4.69, 9.17) is 40.5 Å². The predicted molar refractivity (Wildman–Crippen MR) is 74.8 cm³/mol. The van der Waals surface area contributed by atoms with E-state index in [1.165, 1.54) is 0 Å². The summed E-state index contributed by atoms with van der Waals surface area (Å²) in [5.74, 6) is 0. The van der Waals surface area contributed by atoms with Gasteiger partial charge in [-0.2, -0.15) is 0 Å². The molecule has 2 aromatic rings. The monoisotopic (exact) mass is 285 g/mol. The average Bonchev–Trinajstić information content (AvgIpc) is 2.34. The lowest BCUT2D eigenvalue weighted by molar-refractivity contribution is 1.07. The molecule has 1 nitrogen and oxygen atoms in total. The van der Waals surface area contributed by atoms with Gasteiger partial charge in [-0.15, -0.1) is 0 Å². The van der Waals surface area contributed by atoms with E-state index in [9.17, 15) is 0 Å². The van der Waals surface area contributed by atoms with Gasteiger partial charge in [0.15, 0.2) is 0 Å². The first-order valence-corrected chi connectivity index (χ1v) is 6.19. The molecule has 0 unspecified atom stereocenters. The van der Waals surface area contributed by atoms with Gasteiger partial charge in [-0.3, -0.25) is 0 Å². The molecule has 4 heteroatoms. The van der Waals surface area contributed by atoms with Gasteiger partial charge in [-0.1, -0.05) is 53.0 Å². The molecule has 0 bridgehead atoms. The van der Waals surface area contributed by atoms with Crippen LogP contribution in [0, 0.1) is 0 Å². The Labute approximate surface area is 115 Å². The molecular weight excluding hydrogens is 277 g/mol. The molecule has 0 radical (unpaired) electrons. The van der Waals surface area contributed by atoms with Crippen molar-refractivity contribution in [1.29, 1.82) is 0 Å². The van der Waals surface area contributed by atoms with E-state index in [1.807, 2.05) is 30.3 Å². The molecule has 0 heterocycles. The summed E-state index contributed by atoms with van der Waals surface area (Å²) in [6.07, 6.45) is 0. The van der Waals surface area contributed by atoms with Crippen molar-refractivity contribution in [2.24, 2.45) is 5.73 Å². The first-order valence-electron chi connectivity index (χ1n) is 5.06. The second kappa shape index (κ2) is 5.28. The summed E-state index contributed by atoms with van der Waals surface area (Å²) in [4.78, 5) is 0. The van der Waals surface area contributed by atoms with Crippen LogP contribution in [0.15, 0.2) is 36.4 Å². The van der Waals surface area contributed by atoms with Crippen LogP contribution in [0.2, 0.25) is 15.1 Å². The third-order valence-corrected chi connectivity index (χ3v) is 3.72. The first kappa shape index (κ1) is 12.7. The van der Waals surface area contributed by atoms with Gasteiger partial charge in [0.05, 0.1) is 10.0 Å². The molecule has 2 N–H and O–H groups in total. The minimum absolute atomic E-state index is 0.394. The fourth-order valence-corrected chi connectivity index (χ4v) is 2.23. The van der Waals surface area contributed by atoms with E-state index >= 15 is 0 Å². The molecular formula is C13H10Cl3N. The second-order valence-electron chi connectivity index (χ2n) is 3.61. The SMILES string of the molecule is NCc1cc(-c2cccc(Cl)c2Cl)ccc1Cl. The van der Waals surface area contributed by atoms with Gasteiger partial charge < -0.3 is 5.73 Å². The van der Waals surface area contributed by atoms with E-state index in [-0.39, 0.29) is 0 Å². The Morgan fingerprint density at radius 1 is 0.941 bits per heavy atom. The summed E-state index contributed by atoms with van der Waals surface area (Å²) >= 11 is 18.2. The van der Waals surface area contributed by atoms with Crippen LogP contribution in [0.4, 0.5) is 0 Å². The lowest BCUT2D eigenvalue weighted by Gasteiger charge is -2.08. The molecule has 2 rings (SSSR count). The molecule has 0 aliphatic rings. The summed E-state index contributed by atoms with van der Waals surface area (Å²) in [6, 6.07) is 11.2. The van der Waals surface area contributed by atoms with Crippen LogP contribution >= 0.6 is 34.8 Å². The van der Waals surface area contributed by atoms with Crippen molar-refractivity contribution < 1.29 is 0 Å². The van der Waals surface area contributed by atoms with Crippen LogP contribution in [0.25, 0.3) is 11.1 Å². The smallest absolute Gasteiger partial charge is 0.0670 e. The standard InChI is InChI=1S/C13H10Cl3N/c14-11-5-4-8(6-9(11)7-17)10-2-1-3-12(15)13(10)16/h1-6H,7,17H2. The highest BCUT2D eigenvalue weighted by molar-refractivity contribution is 6.43. The minimum atomic E-state index is 0.394. The number of nitrogens with two attached hydrogens (primary N) is 1. The molecule has 0 amide bonds. The minimum Gasteiger partial charge on any atom is -0.326 e. The van der Waals surface area contributed by atoms with Crippen LogP contribution < -0.4 is 5.73 Å².